The van der Waals surface area contributed by atoms with Gasteiger partial charge in [-0.1, -0.05) is 41.5 Å². The van der Waals surface area contributed by atoms with Crippen molar-refractivity contribution in [3.05, 3.63) is 0 Å². The van der Waals surface area contributed by atoms with Gasteiger partial charge in [0.1, 0.15) is 0 Å². The first-order valence-corrected chi connectivity index (χ1v) is 5.78. The van der Waals surface area contributed by atoms with E-state index in [2.05, 4.69) is 41.5 Å². The van der Waals surface area contributed by atoms with Gasteiger partial charge in [0.15, 0.2) is 0 Å². The molecule has 1 nitrogen and oxygen atoms in total. The van der Waals surface area contributed by atoms with Gasteiger partial charge in [0, 0.05) is 13.2 Å². The summed E-state index contributed by atoms with van der Waals surface area (Å²) in [7, 11) is 0. The van der Waals surface area contributed by atoms with Crippen molar-refractivity contribution < 1.29 is 4.74 Å². The number of hydrogen-bond donors (Lipinski definition) is 0. The smallest absolute Gasteiger partial charge is 0.0471 e. The predicted molar refractivity (Wildman–Crippen MR) is 63.6 cm³/mol. The van der Waals surface area contributed by atoms with Crippen LogP contribution in [0.4, 0.5) is 0 Å². The van der Waals surface area contributed by atoms with Gasteiger partial charge in [-0.3, -0.25) is 0 Å². The third kappa shape index (κ3) is 12.0. The lowest BCUT2D eigenvalue weighted by Gasteiger charge is -2.19. The van der Waals surface area contributed by atoms with Gasteiger partial charge < -0.3 is 4.74 Å². The first-order valence-electron chi connectivity index (χ1n) is 5.78. The Morgan fingerprint density at radius 2 is 1.21 bits per heavy atom. The quantitative estimate of drug-likeness (QED) is 0.602. The Labute approximate surface area is 90.2 Å². The van der Waals surface area contributed by atoms with Crippen molar-refractivity contribution in [2.45, 2.75) is 60.8 Å². The monoisotopic (exact) mass is 200 g/mol. The summed E-state index contributed by atoms with van der Waals surface area (Å²) >= 11 is 0. The lowest BCUT2D eigenvalue weighted by molar-refractivity contribution is 0.0994. The maximum Gasteiger partial charge on any atom is 0.0471 e. The maximum atomic E-state index is 5.61. The van der Waals surface area contributed by atoms with Crippen LogP contribution < -0.4 is 0 Å². The summed E-state index contributed by atoms with van der Waals surface area (Å²) in [5.41, 5.74) is 0.859. The minimum atomic E-state index is 0.407. The molecule has 0 rings (SSSR count). The van der Waals surface area contributed by atoms with E-state index in [1.807, 2.05) is 0 Å². The Kier molecular flexibility index (Phi) is 5.73. The van der Waals surface area contributed by atoms with Crippen LogP contribution in [0, 0.1) is 10.8 Å². The van der Waals surface area contributed by atoms with E-state index in [-0.39, 0.29) is 0 Å². The van der Waals surface area contributed by atoms with Crippen LogP contribution in [-0.4, -0.2) is 13.2 Å². The molecule has 14 heavy (non-hydrogen) atoms. The van der Waals surface area contributed by atoms with Crippen LogP contribution in [0.1, 0.15) is 60.8 Å². The number of rotatable bonds is 5. The Bertz CT molecular complexity index is 118. The highest BCUT2D eigenvalue weighted by atomic mass is 16.5. The average molecular weight is 200 g/mol. The second-order valence-corrected chi connectivity index (χ2v) is 6.59. The molecule has 0 spiro atoms. The average Bonchev–Trinajstić information content (AvgIpc) is 1.92. The van der Waals surface area contributed by atoms with Crippen LogP contribution in [0.5, 0.6) is 0 Å². The highest BCUT2D eigenvalue weighted by Gasteiger charge is 2.10. The fraction of sp³-hybridized carbons (Fsp3) is 1.00. The van der Waals surface area contributed by atoms with Crippen molar-refractivity contribution >= 4 is 0 Å². The summed E-state index contributed by atoms with van der Waals surface area (Å²) in [6.45, 7) is 15.4. The molecule has 0 radical (unpaired) electrons. The Morgan fingerprint density at radius 1 is 0.714 bits per heavy atom. The highest BCUT2D eigenvalue weighted by Crippen LogP contribution is 2.21. The zero-order chi connectivity index (χ0) is 11.2. The molecular formula is C13H28O. The third-order valence-corrected chi connectivity index (χ3v) is 2.21. The van der Waals surface area contributed by atoms with E-state index in [0.29, 0.717) is 10.8 Å². The molecule has 0 atom stereocenters. The molecule has 0 heterocycles. The normalized spacial score (nSPS) is 13.3. The minimum Gasteiger partial charge on any atom is -0.381 e. The van der Waals surface area contributed by atoms with E-state index in [1.165, 1.54) is 12.8 Å². The molecule has 0 saturated heterocycles. The summed E-state index contributed by atoms with van der Waals surface area (Å²) in [5.74, 6) is 0. The fourth-order valence-corrected chi connectivity index (χ4v) is 1.18. The molecule has 0 amide bonds. The van der Waals surface area contributed by atoms with Crippen molar-refractivity contribution in [2.75, 3.05) is 13.2 Å². The van der Waals surface area contributed by atoms with Gasteiger partial charge in [0.2, 0.25) is 0 Å². The number of ether oxygens (including phenoxy) is 1. The minimum absolute atomic E-state index is 0.407. The molecule has 0 fully saturated rings. The standard InChI is InChI=1S/C13H28O/c1-12(2,3)8-7-10-14-11-9-13(4,5)6/h7-11H2,1-6H3. The molecule has 0 N–H and O–H groups in total. The molecule has 86 valence electrons. The van der Waals surface area contributed by atoms with E-state index in [4.69, 9.17) is 4.74 Å². The maximum absolute atomic E-state index is 5.61. The third-order valence-electron chi connectivity index (χ3n) is 2.21. The lowest BCUT2D eigenvalue weighted by Crippen LogP contribution is -2.11. The van der Waals surface area contributed by atoms with Crippen LogP contribution in [0.3, 0.4) is 0 Å². The Hall–Kier alpha value is -0.0400. The van der Waals surface area contributed by atoms with E-state index < -0.39 is 0 Å². The summed E-state index contributed by atoms with van der Waals surface area (Å²) in [6.07, 6.45) is 3.60. The summed E-state index contributed by atoms with van der Waals surface area (Å²) < 4.78 is 5.61. The predicted octanol–water partition coefficient (Wildman–Crippen LogP) is 4.27. The van der Waals surface area contributed by atoms with E-state index in [0.717, 1.165) is 19.6 Å². The molecule has 0 aliphatic rings. The van der Waals surface area contributed by atoms with Crippen molar-refractivity contribution in [1.82, 2.24) is 0 Å². The molecule has 0 aromatic heterocycles. The van der Waals surface area contributed by atoms with Gasteiger partial charge in [0.25, 0.3) is 0 Å². The van der Waals surface area contributed by atoms with Crippen molar-refractivity contribution in [2.24, 2.45) is 10.8 Å². The molecule has 0 aliphatic heterocycles. The summed E-state index contributed by atoms with van der Waals surface area (Å²) in [6, 6.07) is 0. The number of hydrogen-bond acceptors (Lipinski definition) is 1. The van der Waals surface area contributed by atoms with E-state index in [9.17, 15) is 0 Å². The molecule has 0 aliphatic carbocycles. The molecule has 0 aromatic rings. The van der Waals surface area contributed by atoms with Gasteiger partial charge in [-0.25, -0.2) is 0 Å². The SMILES string of the molecule is CC(C)(C)CCCOCCC(C)(C)C. The lowest BCUT2D eigenvalue weighted by atomic mass is 9.91. The van der Waals surface area contributed by atoms with Gasteiger partial charge in [-0.2, -0.15) is 0 Å². The molecule has 0 aromatic carbocycles. The van der Waals surface area contributed by atoms with Crippen LogP contribution in [0.15, 0.2) is 0 Å². The molecule has 0 bridgehead atoms. The van der Waals surface area contributed by atoms with Gasteiger partial charge in [-0.05, 0) is 30.1 Å². The topological polar surface area (TPSA) is 9.23 Å². The molecule has 1 heteroatoms. The van der Waals surface area contributed by atoms with Crippen LogP contribution in [-0.2, 0) is 4.74 Å². The summed E-state index contributed by atoms with van der Waals surface area (Å²) in [4.78, 5) is 0. The Morgan fingerprint density at radius 3 is 1.64 bits per heavy atom. The van der Waals surface area contributed by atoms with Gasteiger partial charge >= 0.3 is 0 Å². The van der Waals surface area contributed by atoms with Gasteiger partial charge in [-0.15, -0.1) is 0 Å². The highest BCUT2D eigenvalue weighted by molar-refractivity contribution is 4.62. The van der Waals surface area contributed by atoms with Crippen molar-refractivity contribution in [3.63, 3.8) is 0 Å². The zero-order valence-corrected chi connectivity index (χ0v) is 10.9. The zero-order valence-electron chi connectivity index (χ0n) is 10.9. The fourth-order valence-electron chi connectivity index (χ4n) is 1.18. The first kappa shape index (κ1) is 14.0. The molecule has 0 unspecified atom stereocenters. The Balaban J connectivity index is 3.23. The van der Waals surface area contributed by atoms with Crippen LogP contribution >= 0.6 is 0 Å². The second-order valence-electron chi connectivity index (χ2n) is 6.59. The molecular weight excluding hydrogens is 172 g/mol. The largest absolute Gasteiger partial charge is 0.381 e. The second kappa shape index (κ2) is 5.75. The van der Waals surface area contributed by atoms with Crippen LogP contribution in [0.2, 0.25) is 0 Å². The summed E-state index contributed by atoms with van der Waals surface area (Å²) in [5, 5.41) is 0. The van der Waals surface area contributed by atoms with E-state index >= 15 is 0 Å². The van der Waals surface area contributed by atoms with Crippen molar-refractivity contribution in [3.8, 4) is 0 Å². The van der Waals surface area contributed by atoms with Crippen LogP contribution in [0.25, 0.3) is 0 Å². The van der Waals surface area contributed by atoms with E-state index in [1.54, 1.807) is 0 Å². The van der Waals surface area contributed by atoms with Crippen molar-refractivity contribution in [1.29, 1.82) is 0 Å². The molecule has 0 saturated carbocycles. The van der Waals surface area contributed by atoms with Gasteiger partial charge in [0.05, 0.1) is 0 Å². The first-order chi connectivity index (χ1) is 6.21.